The number of amides is 2. The van der Waals surface area contributed by atoms with Crippen molar-refractivity contribution in [2.75, 3.05) is 22.1 Å². The summed E-state index contributed by atoms with van der Waals surface area (Å²) < 4.78 is 113. The van der Waals surface area contributed by atoms with Crippen molar-refractivity contribution in [2.24, 2.45) is 16.2 Å². The van der Waals surface area contributed by atoms with Gasteiger partial charge < -0.3 is 22.1 Å². The zero-order valence-corrected chi connectivity index (χ0v) is 33.6. The number of nitrogens with two attached hydrogens (primary N) is 2. The highest BCUT2D eigenvalue weighted by Gasteiger charge is 2.40. The van der Waals surface area contributed by atoms with E-state index in [-0.39, 0.29) is 69.0 Å². The van der Waals surface area contributed by atoms with E-state index in [0.29, 0.717) is 12.1 Å². The van der Waals surface area contributed by atoms with Gasteiger partial charge in [-0.3, -0.25) is 34.6 Å². The van der Waals surface area contributed by atoms with Gasteiger partial charge in [0.05, 0.1) is 15.4 Å². The monoisotopic (exact) mass is 940 g/mol. The maximum Gasteiger partial charge on any atom is 0.423 e. The summed E-state index contributed by atoms with van der Waals surface area (Å²) in [7, 11) is 0. The number of nitro groups is 2. The fraction of sp³-hybridized carbons (Fsp3) is 0.475. The minimum atomic E-state index is -4.87. The number of hydrogen-bond acceptors (Lipinski definition) is 9. The van der Waals surface area contributed by atoms with E-state index in [4.69, 9.17) is 23.1 Å². The molecule has 0 saturated carbocycles. The van der Waals surface area contributed by atoms with Gasteiger partial charge in [-0.05, 0) is 54.1 Å². The highest BCUT2D eigenvalue weighted by molar-refractivity contribution is 6.64. The summed E-state index contributed by atoms with van der Waals surface area (Å²) >= 11 is 5.11. The Morgan fingerprint density at radius 3 is 1.10 bits per heavy atom. The van der Waals surface area contributed by atoms with Gasteiger partial charge in [0.25, 0.3) is 11.4 Å². The predicted molar refractivity (Wildman–Crippen MR) is 230 cm³/mol. The largest absolute Gasteiger partial charge is 0.423 e. The minimum absolute atomic E-state index is 0. The highest BCUT2D eigenvalue weighted by atomic mass is 35.5. The lowest BCUT2D eigenvalue weighted by Crippen LogP contribution is -2.27. The van der Waals surface area contributed by atoms with E-state index in [9.17, 15) is 74.1 Å². The average Bonchev–Trinajstić information content (AvgIpc) is 3.03. The van der Waals surface area contributed by atoms with Gasteiger partial charge in [0.2, 0.25) is 17.1 Å². The number of nitro benzene ring substituents is 2. The van der Waals surface area contributed by atoms with Crippen molar-refractivity contribution in [2.45, 2.75) is 111 Å². The van der Waals surface area contributed by atoms with Crippen LogP contribution in [0.1, 0.15) is 109 Å². The van der Waals surface area contributed by atoms with Crippen LogP contribution in [-0.4, -0.2) is 26.9 Å². The summed E-state index contributed by atoms with van der Waals surface area (Å²) in [4.78, 5) is 52.2. The van der Waals surface area contributed by atoms with E-state index in [1.807, 2.05) is 0 Å². The number of nitrogens with zero attached hydrogens (tertiary/aromatic N) is 2. The lowest BCUT2D eigenvalue weighted by atomic mass is 9.95. The van der Waals surface area contributed by atoms with Crippen LogP contribution in [0.25, 0.3) is 0 Å². The smallest absolute Gasteiger partial charge is 0.399 e. The summed E-state index contributed by atoms with van der Waals surface area (Å²) in [5.74, 6) is -0.847. The van der Waals surface area contributed by atoms with Crippen LogP contribution in [0.15, 0.2) is 54.6 Å². The lowest BCUT2D eigenvalue weighted by molar-refractivity contribution is -0.388. The van der Waals surface area contributed by atoms with E-state index in [1.165, 1.54) is 6.07 Å². The first-order chi connectivity index (χ1) is 26.2. The molecule has 3 rings (SSSR count). The maximum absolute atomic E-state index is 12.7. The quantitative estimate of drug-likeness (QED) is 0.0643. The molecule has 0 aliphatic heterocycles. The molecule has 3 aromatic carbocycles. The Kier molecular flexibility index (Phi) is 26.2. The Bertz CT molecular complexity index is 2000. The van der Waals surface area contributed by atoms with Gasteiger partial charge in [-0.25, -0.2) is 0 Å². The molecule has 0 spiro atoms. The molecule has 0 bridgehead atoms. The summed E-state index contributed by atoms with van der Waals surface area (Å²) in [5, 5.41) is 25.3. The molecule has 0 aliphatic carbocycles. The highest BCUT2D eigenvalue weighted by Crippen LogP contribution is 2.39. The third kappa shape index (κ3) is 22.8. The van der Waals surface area contributed by atoms with Crippen molar-refractivity contribution in [3.63, 3.8) is 0 Å². The topological polar surface area (TPSA) is 214 Å². The van der Waals surface area contributed by atoms with Gasteiger partial charge in [-0.1, -0.05) is 92.0 Å². The van der Waals surface area contributed by atoms with E-state index >= 15 is 0 Å². The molecule has 0 atom stereocenters. The van der Waals surface area contributed by atoms with Crippen LogP contribution in [0.3, 0.4) is 0 Å². The van der Waals surface area contributed by atoms with Gasteiger partial charge in [0.15, 0.2) is 0 Å². The van der Waals surface area contributed by atoms with Crippen molar-refractivity contribution >= 4 is 62.8 Å². The molecular weight excluding hydrogens is 883 g/mol. The zero-order chi connectivity index (χ0) is 46.9. The first-order valence-corrected chi connectivity index (χ1v) is 16.8. The predicted octanol–water partition coefficient (Wildman–Crippen LogP) is 13.4. The van der Waals surface area contributed by atoms with Crippen LogP contribution in [0, 0.1) is 36.5 Å². The van der Waals surface area contributed by atoms with Gasteiger partial charge >= 0.3 is 18.5 Å². The van der Waals surface area contributed by atoms with Gasteiger partial charge in [0, 0.05) is 51.1 Å². The molecule has 6 N–H and O–H groups in total. The Hall–Kier alpha value is -5.67. The average molecular weight is 941 g/mol. The molecule has 13 nitrogen and oxygen atoms in total. The summed E-state index contributed by atoms with van der Waals surface area (Å²) in [5.41, 5.74) is 2.21. The van der Waals surface area contributed by atoms with Crippen LogP contribution < -0.4 is 22.1 Å². The summed E-state index contributed by atoms with van der Waals surface area (Å²) in [6.45, 7) is 15.1. The van der Waals surface area contributed by atoms with Crippen LogP contribution in [0.2, 0.25) is 0 Å². The van der Waals surface area contributed by atoms with E-state index in [0.717, 1.165) is 36.4 Å². The molecule has 360 valence electrons. The molecule has 0 unspecified atom stereocenters. The second-order valence-electron chi connectivity index (χ2n) is 15.2. The maximum atomic E-state index is 12.7. The second kappa shape index (κ2) is 24.8. The molecule has 63 heavy (non-hydrogen) atoms. The van der Waals surface area contributed by atoms with Gasteiger partial charge in [-0.2, -0.15) is 39.5 Å². The number of rotatable bonds is 4. The van der Waals surface area contributed by atoms with E-state index in [2.05, 4.69) is 10.6 Å². The molecule has 0 aromatic heterocycles. The minimum Gasteiger partial charge on any atom is -0.399 e. The number of halogens is 10. The Balaban J connectivity index is -0.000000243. The third-order valence-corrected chi connectivity index (χ3v) is 7.41. The van der Waals surface area contributed by atoms with Gasteiger partial charge in [0.1, 0.15) is 11.1 Å². The van der Waals surface area contributed by atoms with Crippen LogP contribution in [-0.2, 0) is 32.9 Å². The van der Waals surface area contributed by atoms with Crippen LogP contribution >= 0.6 is 11.6 Å². The van der Waals surface area contributed by atoms with Crippen molar-refractivity contribution in [1.82, 2.24) is 0 Å². The number of alkyl halides is 9. The number of benzene rings is 3. The fourth-order valence-electron chi connectivity index (χ4n) is 3.46. The van der Waals surface area contributed by atoms with E-state index < -0.39 is 73.2 Å². The number of carbonyl (C=O) groups excluding carboxylic acids is 3. The molecule has 0 radical (unpaired) electrons. The molecule has 2 amide bonds. The number of nitrogens with one attached hydrogen (secondary N) is 2. The molecule has 0 heterocycles. The Labute approximate surface area is 366 Å². The lowest BCUT2D eigenvalue weighted by Gasteiger charge is -2.18. The molecule has 23 heteroatoms. The van der Waals surface area contributed by atoms with Crippen molar-refractivity contribution in [1.29, 1.82) is 0 Å². The van der Waals surface area contributed by atoms with Crippen molar-refractivity contribution < 1.29 is 63.7 Å². The van der Waals surface area contributed by atoms with Gasteiger partial charge in [-0.15, -0.1) is 0 Å². The molecule has 0 fully saturated rings. The summed E-state index contributed by atoms with van der Waals surface area (Å²) in [6, 6.07) is 7.97. The first kappa shape index (κ1) is 66.4. The number of nitrogen functional groups attached to an aromatic ring is 2. The fourth-order valence-corrected chi connectivity index (χ4v) is 3.46. The third-order valence-electron chi connectivity index (χ3n) is 6.85. The Morgan fingerprint density at radius 1 is 0.524 bits per heavy atom. The van der Waals surface area contributed by atoms with Crippen molar-refractivity contribution in [3.05, 3.63) is 91.5 Å². The zero-order valence-electron chi connectivity index (χ0n) is 32.9. The number of hydrogen-bond donors (Lipinski definition) is 4. The second-order valence-corrected chi connectivity index (χ2v) is 15.6. The summed E-state index contributed by atoms with van der Waals surface area (Å²) in [6.07, 6.45) is -14.2. The Morgan fingerprint density at radius 2 is 0.810 bits per heavy atom. The van der Waals surface area contributed by atoms with Crippen LogP contribution in [0.5, 0.6) is 0 Å². The first-order valence-electron chi connectivity index (χ1n) is 16.5. The molecule has 0 aliphatic rings. The number of carbonyl (C=O) groups is 3. The molecule has 0 saturated heterocycles. The molecule has 3 aromatic rings. The SMILES string of the molecule is C.C.C.C.CC(C)(C)C(=O)Cl.CC(C)(C)C(=O)Nc1ccc(N)c(C(F)(F)F)c1.CC(C)(C)C(=O)Nc1ccc([N+](=O)[O-])c(C(F)(F)F)c1.Nc1ccc([N+](=O)[O-])c(C(F)(F)F)c1. The van der Waals surface area contributed by atoms with Crippen molar-refractivity contribution in [3.8, 4) is 0 Å². The number of anilines is 4. The standard InChI is InChI=1S/C12H13F3N2O3.C12H15F3N2O.C7H5F3N2O2.C5H9ClO.4CH4/c1-11(2,3)10(18)16-7-4-5-9(17(19)20)8(6-7)12(13,14)15;1-11(2,3)10(18)17-7-4-5-9(16)8(6-7)12(13,14)15;8-7(9,10)5-3-4(11)1-2-6(5)12(13)14;1-5(2,3)4(6)7;;;;/h4-6H,1-3H3,(H,16,18);4-6H,16H2,1-3H3,(H,17,18);1-3H,11H2;1-3H3;4*1H4. The van der Waals surface area contributed by atoms with E-state index in [1.54, 1.807) is 62.3 Å². The normalized spacial score (nSPS) is 11.2. The van der Waals surface area contributed by atoms with Crippen LogP contribution in [0.4, 0.5) is 73.6 Å². The molecular formula is C40H58ClF9N6O7.